The van der Waals surface area contributed by atoms with Crippen LogP contribution in [0.3, 0.4) is 0 Å². The highest BCUT2D eigenvalue weighted by Gasteiger charge is 2.35. The number of benzene rings is 4. The van der Waals surface area contributed by atoms with Crippen LogP contribution >= 0.6 is 0 Å². The molecule has 2 bridgehead atoms. The molecule has 48 heavy (non-hydrogen) atoms. The molecule has 2 aliphatic heterocycles. The van der Waals surface area contributed by atoms with E-state index in [9.17, 15) is 0 Å². The van der Waals surface area contributed by atoms with Gasteiger partial charge in [-0.3, -0.25) is 0 Å². The van der Waals surface area contributed by atoms with Crippen molar-refractivity contribution in [1.29, 1.82) is 0 Å². The monoisotopic (exact) mass is 627 g/mol. The van der Waals surface area contributed by atoms with E-state index in [1.165, 1.54) is 44.4 Å². The van der Waals surface area contributed by atoms with Crippen LogP contribution in [0.1, 0.15) is 45.2 Å². The number of ether oxygens (including phenoxy) is 1. The van der Waals surface area contributed by atoms with E-state index in [1.807, 2.05) is 13.8 Å². The van der Waals surface area contributed by atoms with Crippen LogP contribution in [-0.4, -0.2) is 17.3 Å². The SMILES string of the molecule is CC.CC1(C)C2=CC(C=CC(c3ccc4[nH]c5c6c(ccc5c4c3)NC(C3=CCC=CC=C3)O6)=C2)N(c2ccccc2)c2ccccc21. The highest BCUT2D eigenvalue weighted by molar-refractivity contribution is 6.12. The Kier molecular flexibility index (Phi) is 7.44. The molecule has 0 radical (unpaired) electrons. The van der Waals surface area contributed by atoms with Gasteiger partial charge in [0.1, 0.15) is 0 Å². The molecular weight excluding hydrogens is 587 g/mol. The van der Waals surface area contributed by atoms with E-state index in [0.717, 1.165) is 34.5 Å². The maximum atomic E-state index is 6.54. The van der Waals surface area contributed by atoms with Gasteiger partial charge in [0.15, 0.2) is 12.0 Å². The lowest BCUT2D eigenvalue weighted by Crippen LogP contribution is -2.28. The number of nitrogens with zero attached hydrogens (tertiary/aromatic N) is 1. The molecule has 0 saturated carbocycles. The van der Waals surface area contributed by atoms with E-state index in [4.69, 9.17) is 4.74 Å². The van der Waals surface area contributed by atoms with Gasteiger partial charge < -0.3 is 19.9 Å². The fraction of sp³-hybridized carbons (Fsp3) is 0.182. The Morgan fingerprint density at radius 2 is 1.69 bits per heavy atom. The predicted molar refractivity (Wildman–Crippen MR) is 203 cm³/mol. The summed E-state index contributed by atoms with van der Waals surface area (Å²) < 4.78 is 6.54. The molecule has 0 amide bonds. The topological polar surface area (TPSA) is 40.3 Å². The number of aromatic nitrogens is 1. The molecule has 4 aromatic carbocycles. The number of para-hydroxylation sites is 2. The highest BCUT2D eigenvalue weighted by atomic mass is 16.5. The van der Waals surface area contributed by atoms with Gasteiger partial charge in [-0.2, -0.15) is 0 Å². The van der Waals surface area contributed by atoms with Gasteiger partial charge in [-0.15, -0.1) is 0 Å². The molecule has 5 aromatic rings. The zero-order valence-corrected chi connectivity index (χ0v) is 28.0. The third kappa shape index (κ3) is 4.91. The first-order valence-electron chi connectivity index (χ1n) is 17.2. The van der Waals surface area contributed by atoms with Crippen molar-refractivity contribution in [1.82, 2.24) is 4.98 Å². The van der Waals surface area contributed by atoms with Gasteiger partial charge in [0.25, 0.3) is 0 Å². The molecule has 238 valence electrons. The third-order valence-corrected chi connectivity index (χ3v) is 9.94. The standard InChI is InChI=1S/C42H35N3O.C2H6/c1-42(2)30-24-28(18-20-32(26-30)45(31-14-8-5-9-15-31)38-17-11-10-16-35(38)42)29-19-22-36-34(25-29)33-21-23-37-40(39(33)43-36)46-41(44-37)27-12-6-3-4-7-13-27;1-2/h3-6,8-26,32,41,43-44H,7H2,1-2H3;1-2H3. The quantitative estimate of drug-likeness (QED) is 0.209. The smallest absolute Gasteiger partial charge is 0.196 e. The molecule has 2 N–H and O–H groups in total. The summed E-state index contributed by atoms with van der Waals surface area (Å²) in [7, 11) is 0. The fourth-order valence-corrected chi connectivity index (χ4v) is 7.45. The zero-order chi connectivity index (χ0) is 32.8. The molecular formula is C44H41N3O. The summed E-state index contributed by atoms with van der Waals surface area (Å²) in [6, 6.07) is 30.8. The van der Waals surface area contributed by atoms with Crippen LogP contribution in [-0.2, 0) is 5.41 Å². The first-order valence-corrected chi connectivity index (χ1v) is 17.2. The van der Waals surface area contributed by atoms with E-state index in [1.54, 1.807) is 0 Å². The van der Waals surface area contributed by atoms with Crippen molar-refractivity contribution in [2.24, 2.45) is 0 Å². The second-order valence-corrected chi connectivity index (χ2v) is 13.0. The number of aromatic amines is 1. The molecule has 0 saturated heterocycles. The first-order chi connectivity index (χ1) is 23.5. The second-order valence-electron chi connectivity index (χ2n) is 13.0. The fourth-order valence-electron chi connectivity index (χ4n) is 7.45. The van der Waals surface area contributed by atoms with Crippen molar-refractivity contribution < 1.29 is 4.74 Å². The average molecular weight is 628 g/mol. The summed E-state index contributed by atoms with van der Waals surface area (Å²) >= 11 is 0. The number of fused-ring (bicyclic) bond motifs is 7. The van der Waals surface area contributed by atoms with E-state index in [0.29, 0.717) is 0 Å². The Labute approximate surface area is 283 Å². The Hall–Kier alpha value is -5.48. The molecule has 3 heterocycles. The van der Waals surface area contributed by atoms with E-state index in [2.05, 4.69) is 169 Å². The molecule has 2 aliphatic carbocycles. The van der Waals surface area contributed by atoms with Crippen LogP contribution in [0.15, 0.2) is 151 Å². The van der Waals surface area contributed by atoms with Gasteiger partial charge in [-0.05, 0) is 71.2 Å². The summed E-state index contributed by atoms with van der Waals surface area (Å²) in [4.78, 5) is 6.15. The van der Waals surface area contributed by atoms with Gasteiger partial charge in [-0.25, -0.2) is 0 Å². The van der Waals surface area contributed by atoms with E-state index >= 15 is 0 Å². The molecule has 4 aliphatic rings. The molecule has 4 heteroatoms. The molecule has 0 spiro atoms. The Balaban J connectivity index is 0.00000165. The van der Waals surface area contributed by atoms with Crippen LogP contribution in [0.2, 0.25) is 0 Å². The summed E-state index contributed by atoms with van der Waals surface area (Å²) in [5.74, 6) is 0.886. The van der Waals surface area contributed by atoms with Crippen LogP contribution in [0.5, 0.6) is 5.75 Å². The van der Waals surface area contributed by atoms with Crippen molar-refractivity contribution in [3.05, 3.63) is 162 Å². The van der Waals surface area contributed by atoms with Crippen LogP contribution < -0.4 is 15.0 Å². The van der Waals surface area contributed by atoms with Gasteiger partial charge in [0, 0.05) is 38.7 Å². The largest absolute Gasteiger partial charge is 0.462 e. The van der Waals surface area contributed by atoms with Crippen molar-refractivity contribution in [2.75, 3.05) is 10.2 Å². The maximum absolute atomic E-state index is 6.54. The molecule has 2 unspecified atom stereocenters. The normalized spacial score (nSPS) is 20.2. The molecule has 1 aromatic heterocycles. The highest BCUT2D eigenvalue weighted by Crippen LogP contribution is 2.47. The molecule has 9 rings (SSSR count). The Morgan fingerprint density at radius 1 is 0.854 bits per heavy atom. The number of nitrogens with one attached hydrogen (secondary N) is 2. The molecule has 0 fully saturated rings. The van der Waals surface area contributed by atoms with Crippen LogP contribution in [0, 0.1) is 0 Å². The van der Waals surface area contributed by atoms with Crippen molar-refractivity contribution in [2.45, 2.75) is 51.8 Å². The van der Waals surface area contributed by atoms with Gasteiger partial charge in [-0.1, -0.05) is 125 Å². The minimum atomic E-state index is -0.194. The van der Waals surface area contributed by atoms with Gasteiger partial charge >= 0.3 is 0 Å². The average Bonchev–Trinajstić information content (AvgIpc) is 3.46. The van der Waals surface area contributed by atoms with E-state index < -0.39 is 0 Å². The summed E-state index contributed by atoms with van der Waals surface area (Å²) in [6.45, 7) is 8.70. The van der Waals surface area contributed by atoms with E-state index in [-0.39, 0.29) is 17.7 Å². The van der Waals surface area contributed by atoms with Gasteiger partial charge in [0.05, 0.1) is 17.2 Å². The minimum absolute atomic E-state index is 0.0836. The second kappa shape index (κ2) is 12.0. The number of hydrogen-bond donors (Lipinski definition) is 2. The number of rotatable bonds is 3. The van der Waals surface area contributed by atoms with Crippen LogP contribution in [0.4, 0.5) is 17.1 Å². The maximum Gasteiger partial charge on any atom is 0.196 e. The predicted octanol–water partition coefficient (Wildman–Crippen LogP) is 11.3. The number of H-pyrrole nitrogens is 1. The first kappa shape index (κ1) is 29.9. The van der Waals surface area contributed by atoms with Crippen molar-refractivity contribution in [3.8, 4) is 5.75 Å². The van der Waals surface area contributed by atoms with Crippen LogP contribution in [0.25, 0.3) is 27.4 Å². The summed E-state index contributed by atoms with van der Waals surface area (Å²) in [5.41, 5.74) is 11.6. The summed E-state index contributed by atoms with van der Waals surface area (Å²) in [5, 5.41) is 5.94. The summed E-state index contributed by atoms with van der Waals surface area (Å²) in [6.07, 6.45) is 20.9. The Morgan fingerprint density at radius 3 is 2.56 bits per heavy atom. The lowest BCUT2D eigenvalue weighted by atomic mass is 9.76. The van der Waals surface area contributed by atoms with Gasteiger partial charge in [0.2, 0.25) is 0 Å². The third-order valence-electron chi connectivity index (χ3n) is 9.94. The number of anilines is 3. The van der Waals surface area contributed by atoms with Crippen molar-refractivity contribution in [3.63, 3.8) is 0 Å². The molecule has 2 atom stereocenters. The number of hydrogen-bond acceptors (Lipinski definition) is 3. The number of allylic oxidation sites excluding steroid dienone is 8. The Bertz CT molecular complexity index is 2220. The lowest BCUT2D eigenvalue weighted by Gasteiger charge is -2.33. The molecule has 4 nitrogen and oxygen atoms in total. The van der Waals surface area contributed by atoms with Crippen molar-refractivity contribution >= 4 is 44.4 Å². The minimum Gasteiger partial charge on any atom is -0.462 e. The zero-order valence-electron chi connectivity index (χ0n) is 28.0. The lowest BCUT2D eigenvalue weighted by molar-refractivity contribution is 0.296.